The molecule has 0 radical (unpaired) electrons. The van der Waals surface area contributed by atoms with E-state index in [9.17, 15) is 0 Å². The summed E-state index contributed by atoms with van der Waals surface area (Å²) in [7, 11) is 1.71. The zero-order chi connectivity index (χ0) is 14.5. The number of hydrogen-bond acceptors (Lipinski definition) is 1. The van der Waals surface area contributed by atoms with Crippen LogP contribution in [0.25, 0.3) is 0 Å². The number of benzene rings is 3. The molecule has 0 amide bonds. The Hall–Kier alpha value is -1.66. The molecule has 0 aromatic heterocycles. The van der Waals surface area contributed by atoms with Gasteiger partial charge in [-0.15, -0.1) is 0 Å². The van der Waals surface area contributed by atoms with E-state index in [0.29, 0.717) is 0 Å². The van der Waals surface area contributed by atoms with E-state index in [-0.39, 0.29) is 0 Å². The molecule has 3 aromatic rings. The fourth-order valence-electron chi connectivity index (χ4n) is 2.33. The van der Waals surface area contributed by atoms with Crippen molar-refractivity contribution in [1.29, 1.82) is 0 Å². The Bertz CT molecular complexity index is 638. The number of ether oxygens (including phenoxy) is 1. The predicted molar refractivity (Wildman–Crippen MR) is 90.5 cm³/mol. The molecule has 3 aromatic carbocycles. The molecule has 21 heavy (non-hydrogen) atoms. The summed E-state index contributed by atoms with van der Waals surface area (Å²) in [5, 5.41) is 0. The second-order valence-electron chi connectivity index (χ2n) is 4.70. The van der Waals surface area contributed by atoms with Crippen LogP contribution in [0.3, 0.4) is 0 Å². The van der Waals surface area contributed by atoms with Crippen LogP contribution in [-0.4, -0.2) is 28.9 Å². The molecular weight excluding hydrogens is 453 g/mol. The molecule has 0 saturated heterocycles. The van der Waals surface area contributed by atoms with Gasteiger partial charge in [-0.3, -0.25) is 0 Å². The third-order valence-corrected chi connectivity index (χ3v) is 12.9. The van der Waals surface area contributed by atoms with Crippen molar-refractivity contribution in [2.75, 3.05) is 7.11 Å². The molecule has 104 valence electrons. The van der Waals surface area contributed by atoms with Crippen LogP contribution in [0.2, 0.25) is 0 Å². The maximum absolute atomic E-state index is 5.28. The van der Waals surface area contributed by atoms with Gasteiger partial charge in [-0.25, -0.2) is 0 Å². The molecule has 2 heteroatoms. The van der Waals surface area contributed by atoms with Crippen molar-refractivity contribution in [3.05, 3.63) is 84.9 Å². The monoisotopic (exact) mass is 470 g/mol. The van der Waals surface area contributed by atoms with E-state index in [1.54, 1.807) is 7.11 Å². The third-order valence-electron chi connectivity index (χ3n) is 3.36. The molecule has 0 unspecified atom stereocenters. The van der Waals surface area contributed by atoms with Crippen LogP contribution in [0.1, 0.15) is 0 Å². The maximum atomic E-state index is 5.28. The van der Waals surface area contributed by atoms with E-state index < -0.39 is 21.8 Å². The van der Waals surface area contributed by atoms with Crippen molar-refractivity contribution in [1.82, 2.24) is 0 Å². The van der Waals surface area contributed by atoms with E-state index in [1.807, 2.05) is 0 Å². The molecule has 0 aliphatic rings. The molecule has 0 N–H and O–H groups in total. The Kier molecular flexibility index (Phi) is 4.67. The Labute approximate surface area is 133 Å². The first-order chi connectivity index (χ1) is 10.4. The molecule has 0 aliphatic carbocycles. The van der Waals surface area contributed by atoms with Crippen LogP contribution in [-0.2, 0) is 0 Å². The molecule has 3 rings (SSSR count). The van der Waals surface area contributed by atoms with Gasteiger partial charge in [0.25, 0.3) is 0 Å². The van der Waals surface area contributed by atoms with Crippen molar-refractivity contribution in [3.63, 3.8) is 0 Å². The summed E-state index contributed by atoms with van der Waals surface area (Å²) in [6.45, 7) is 0. The van der Waals surface area contributed by atoms with Gasteiger partial charge < -0.3 is 0 Å². The molecule has 0 fully saturated rings. The zero-order valence-electron chi connectivity index (χ0n) is 11.9. The van der Waals surface area contributed by atoms with Crippen molar-refractivity contribution in [2.45, 2.75) is 0 Å². The van der Waals surface area contributed by atoms with Gasteiger partial charge in [0, 0.05) is 0 Å². The van der Waals surface area contributed by atoms with Crippen LogP contribution in [0, 0.1) is 0 Å². The van der Waals surface area contributed by atoms with Gasteiger partial charge in [-0.05, 0) is 0 Å². The third kappa shape index (κ3) is 3.33. The average Bonchev–Trinajstić information content (AvgIpc) is 2.58. The van der Waals surface area contributed by atoms with E-state index in [4.69, 9.17) is 4.74 Å². The fraction of sp³-hybridized carbons (Fsp3) is 0.0526. The van der Waals surface area contributed by atoms with Crippen LogP contribution in [0.15, 0.2) is 84.9 Å². The summed E-state index contributed by atoms with van der Waals surface area (Å²) in [4.78, 5) is 0. The quantitative estimate of drug-likeness (QED) is 0.532. The second-order valence-corrected chi connectivity index (χ2v) is 13.3. The summed E-state index contributed by atoms with van der Waals surface area (Å²) in [6, 6.07) is 30.5. The minimum atomic E-state index is -2.16. The predicted octanol–water partition coefficient (Wildman–Crippen LogP) is 2.21. The first kappa shape index (κ1) is 14.3. The normalized spacial score (nSPS) is 10.6. The molecule has 0 atom stereocenters. The molecule has 0 heterocycles. The van der Waals surface area contributed by atoms with Gasteiger partial charge in [-0.1, -0.05) is 0 Å². The summed E-state index contributed by atoms with van der Waals surface area (Å²) in [6.07, 6.45) is 0. The molecule has 0 saturated carbocycles. The molecule has 0 spiro atoms. The minimum absolute atomic E-state index is 0.920. The Morgan fingerprint density at radius 2 is 1.00 bits per heavy atom. The van der Waals surface area contributed by atoms with Crippen LogP contribution >= 0.6 is 0 Å². The molecule has 0 aliphatic heterocycles. The van der Waals surface area contributed by atoms with Gasteiger partial charge in [0.05, 0.1) is 0 Å². The van der Waals surface area contributed by atoms with Crippen molar-refractivity contribution >= 4 is 31.6 Å². The van der Waals surface area contributed by atoms with Gasteiger partial charge >= 0.3 is 134 Å². The van der Waals surface area contributed by atoms with Crippen molar-refractivity contribution in [2.24, 2.45) is 0 Å². The van der Waals surface area contributed by atoms with Gasteiger partial charge in [0.2, 0.25) is 0 Å². The summed E-state index contributed by atoms with van der Waals surface area (Å²) < 4.78 is 9.77. The number of hydrogen-bond donors (Lipinski definition) is 0. The molecule has 0 bridgehead atoms. The van der Waals surface area contributed by atoms with Crippen LogP contribution in [0.4, 0.5) is 0 Å². The van der Waals surface area contributed by atoms with E-state index in [1.165, 1.54) is 9.81 Å². The van der Waals surface area contributed by atoms with Gasteiger partial charge in [-0.2, -0.15) is 0 Å². The standard InChI is InChI=1S/C7H7O.2C6H5.Bi/c1-8-7-5-3-2-4-6-7;2*1-2-4-6-5-3-1;/h3-6H,1H3;2*1-5H;. The summed E-state index contributed by atoms with van der Waals surface area (Å²) in [5.41, 5.74) is 0. The second kappa shape index (κ2) is 6.87. The first-order valence-corrected chi connectivity index (χ1v) is 12.1. The van der Waals surface area contributed by atoms with Gasteiger partial charge in [0.1, 0.15) is 0 Å². The van der Waals surface area contributed by atoms with Crippen LogP contribution in [0.5, 0.6) is 5.75 Å². The Morgan fingerprint density at radius 3 is 1.43 bits per heavy atom. The van der Waals surface area contributed by atoms with Gasteiger partial charge in [0.15, 0.2) is 0 Å². The topological polar surface area (TPSA) is 9.23 Å². The molecular formula is C19H17BiO. The van der Waals surface area contributed by atoms with Crippen molar-refractivity contribution in [3.8, 4) is 5.75 Å². The average molecular weight is 470 g/mol. The number of methoxy groups -OCH3 is 1. The first-order valence-electron chi connectivity index (χ1n) is 6.93. The SMILES string of the molecule is COc1cc[c]([Bi]([c]2ccccc2)[c]2ccccc2)cc1. The summed E-state index contributed by atoms with van der Waals surface area (Å²) in [5.74, 6) is 0.920. The number of rotatable bonds is 4. The Morgan fingerprint density at radius 1 is 0.571 bits per heavy atom. The summed E-state index contributed by atoms with van der Waals surface area (Å²) >= 11 is -2.16. The van der Waals surface area contributed by atoms with E-state index >= 15 is 0 Å². The molecule has 1 nitrogen and oxygen atoms in total. The fourth-order valence-corrected chi connectivity index (χ4v) is 11.2. The van der Waals surface area contributed by atoms with E-state index in [0.717, 1.165) is 5.75 Å². The van der Waals surface area contributed by atoms with Crippen molar-refractivity contribution < 1.29 is 4.74 Å². The van der Waals surface area contributed by atoms with E-state index in [2.05, 4.69) is 84.9 Å². The van der Waals surface area contributed by atoms with Crippen LogP contribution < -0.4 is 14.6 Å². The Balaban J connectivity index is 2.07. The zero-order valence-corrected chi connectivity index (χ0v) is 15.4.